The molecule has 3 aromatic carbocycles. The predicted octanol–water partition coefficient (Wildman–Crippen LogP) is 10.3. The molecule has 3 aliphatic rings. The molecule has 3 aliphatic heterocycles. The number of nitrogens with one attached hydrogen (secondary N) is 1. The first-order valence-electron chi connectivity index (χ1n) is 22.2. The summed E-state index contributed by atoms with van der Waals surface area (Å²) in [6, 6.07) is 16.5. The summed E-state index contributed by atoms with van der Waals surface area (Å²) in [6.07, 6.45) is -2.13. The molecule has 2 saturated heterocycles. The quantitative estimate of drug-likeness (QED) is 0.121. The number of piperazine rings is 1. The SMILES string of the molecule is CCC1Oc2nc(-c3cc(N(Cc4ccc(OC)cc4)Cc4ccc(OC)cc4)c(F)c(C)c3C(F)(F)F)c(F)c(NCc3cccnc3)c2C(=O)N2C[C@H]3CC[C@@H]([C@@H]12)N3C(=O)OC(C)(C)C. The molecule has 354 valence electrons. The van der Waals surface area contributed by atoms with Gasteiger partial charge in [0.15, 0.2) is 5.82 Å². The smallest absolute Gasteiger partial charge is 0.417 e. The number of benzene rings is 3. The molecule has 1 N–H and O–H groups in total. The molecule has 0 radical (unpaired) electrons. The van der Waals surface area contributed by atoms with Crippen molar-refractivity contribution >= 4 is 23.4 Å². The molecule has 5 aromatic rings. The number of nitrogens with zero attached hydrogens (tertiary/aromatic N) is 5. The van der Waals surface area contributed by atoms with Gasteiger partial charge in [-0.25, -0.2) is 18.6 Å². The summed E-state index contributed by atoms with van der Waals surface area (Å²) >= 11 is 0. The van der Waals surface area contributed by atoms with Crippen molar-refractivity contribution in [1.29, 1.82) is 0 Å². The zero-order chi connectivity index (χ0) is 47.9. The van der Waals surface area contributed by atoms with Crippen LogP contribution in [0.25, 0.3) is 11.3 Å². The number of amides is 2. The minimum Gasteiger partial charge on any atom is -0.497 e. The lowest BCUT2D eigenvalue weighted by Gasteiger charge is -2.47. The number of anilines is 2. The maximum atomic E-state index is 17.9. The Morgan fingerprint density at radius 3 is 2.12 bits per heavy atom. The van der Waals surface area contributed by atoms with Crippen LogP contribution in [0.15, 0.2) is 79.1 Å². The van der Waals surface area contributed by atoms with Crippen molar-refractivity contribution in [2.24, 2.45) is 0 Å². The molecule has 0 saturated carbocycles. The highest BCUT2D eigenvalue weighted by Gasteiger charge is 2.56. The Bertz CT molecular complexity index is 2580. The van der Waals surface area contributed by atoms with Crippen LogP contribution < -0.4 is 24.4 Å². The molecule has 2 fully saturated rings. The van der Waals surface area contributed by atoms with Gasteiger partial charge in [-0.3, -0.25) is 14.7 Å². The van der Waals surface area contributed by atoms with Crippen LogP contribution in [0.1, 0.15) is 85.1 Å². The number of ether oxygens (including phenoxy) is 4. The summed E-state index contributed by atoms with van der Waals surface area (Å²) in [5, 5.41) is 3.00. The van der Waals surface area contributed by atoms with Crippen molar-refractivity contribution < 1.29 is 50.5 Å². The van der Waals surface area contributed by atoms with E-state index in [1.165, 1.54) is 20.4 Å². The van der Waals surface area contributed by atoms with E-state index in [1.807, 2.05) is 6.92 Å². The topological polar surface area (TPSA) is 119 Å². The van der Waals surface area contributed by atoms with E-state index < -0.39 is 93.6 Å². The van der Waals surface area contributed by atoms with Crippen LogP contribution in [0, 0.1) is 18.6 Å². The van der Waals surface area contributed by atoms with Gasteiger partial charge in [0.1, 0.15) is 40.3 Å². The Kier molecular flexibility index (Phi) is 13.0. The number of pyridine rings is 2. The van der Waals surface area contributed by atoms with Crippen LogP contribution in [0.4, 0.5) is 38.1 Å². The fraction of sp³-hybridized carbons (Fsp3) is 0.400. The molecule has 0 aliphatic carbocycles. The van der Waals surface area contributed by atoms with Gasteiger partial charge in [-0.15, -0.1) is 0 Å². The lowest BCUT2D eigenvalue weighted by Crippen LogP contribution is -2.66. The Morgan fingerprint density at radius 2 is 1.57 bits per heavy atom. The number of carbonyl (C=O) groups excluding carboxylic acids is 2. The third-order valence-corrected chi connectivity index (χ3v) is 12.6. The molecular weight excluding hydrogens is 876 g/mol. The van der Waals surface area contributed by atoms with E-state index in [4.69, 9.17) is 18.9 Å². The van der Waals surface area contributed by atoms with E-state index in [2.05, 4.69) is 15.3 Å². The highest BCUT2D eigenvalue weighted by Crippen LogP contribution is 2.48. The highest BCUT2D eigenvalue weighted by atomic mass is 19.4. The summed E-state index contributed by atoms with van der Waals surface area (Å²) in [4.78, 5) is 42.2. The molecule has 2 aromatic heterocycles. The number of aromatic nitrogens is 2. The predicted molar refractivity (Wildman–Crippen MR) is 241 cm³/mol. The summed E-state index contributed by atoms with van der Waals surface area (Å²) in [6.45, 7) is 8.13. The van der Waals surface area contributed by atoms with E-state index in [0.29, 0.717) is 41.0 Å². The molecule has 4 atom stereocenters. The van der Waals surface area contributed by atoms with Crippen LogP contribution >= 0.6 is 0 Å². The van der Waals surface area contributed by atoms with Gasteiger partial charge in [0.25, 0.3) is 5.91 Å². The first-order valence-corrected chi connectivity index (χ1v) is 22.2. The van der Waals surface area contributed by atoms with E-state index in [0.717, 1.165) is 13.0 Å². The second-order valence-electron chi connectivity index (χ2n) is 18.1. The average Bonchev–Trinajstić information content (AvgIpc) is 3.55. The second kappa shape index (κ2) is 18.6. The van der Waals surface area contributed by atoms with Gasteiger partial charge >= 0.3 is 12.3 Å². The fourth-order valence-electron chi connectivity index (χ4n) is 9.48. The minimum atomic E-state index is -5.20. The second-order valence-corrected chi connectivity index (χ2v) is 18.1. The van der Waals surface area contributed by atoms with E-state index >= 15 is 26.7 Å². The Hall–Kier alpha value is -6.65. The minimum absolute atomic E-state index is 0.0185. The molecule has 8 rings (SSSR count). The van der Waals surface area contributed by atoms with Crippen molar-refractivity contribution in [1.82, 2.24) is 19.8 Å². The lowest BCUT2D eigenvalue weighted by molar-refractivity contribution is -0.137. The lowest BCUT2D eigenvalue weighted by atomic mass is 9.94. The number of halogens is 5. The number of methoxy groups -OCH3 is 2. The molecular formula is C50H53F5N6O6. The number of alkyl halides is 3. The normalized spacial score (nSPS) is 19.0. The van der Waals surface area contributed by atoms with E-state index in [9.17, 15) is 4.79 Å². The number of fused-ring (bicyclic) bond motifs is 5. The van der Waals surface area contributed by atoms with E-state index in [-0.39, 0.29) is 43.9 Å². The summed E-state index contributed by atoms with van der Waals surface area (Å²) in [5.41, 5.74) is -3.68. The van der Waals surface area contributed by atoms with Crippen LogP contribution in [-0.2, 0) is 30.5 Å². The van der Waals surface area contributed by atoms with Gasteiger partial charge < -0.3 is 34.1 Å². The average molecular weight is 929 g/mol. The monoisotopic (exact) mass is 928 g/mol. The largest absolute Gasteiger partial charge is 0.497 e. The third kappa shape index (κ3) is 9.37. The molecule has 17 heteroatoms. The first-order chi connectivity index (χ1) is 31.9. The summed E-state index contributed by atoms with van der Waals surface area (Å²) in [5.74, 6) is -2.38. The maximum Gasteiger partial charge on any atom is 0.417 e. The van der Waals surface area contributed by atoms with Crippen LogP contribution in [0.2, 0.25) is 0 Å². The van der Waals surface area contributed by atoms with Crippen molar-refractivity contribution in [2.45, 2.75) is 110 Å². The van der Waals surface area contributed by atoms with E-state index in [1.54, 1.807) is 102 Å². The molecule has 0 spiro atoms. The first kappa shape index (κ1) is 46.9. The van der Waals surface area contributed by atoms with Gasteiger partial charge in [0.05, 0.1) is 49.3 Å². The molecule has 2 bridgehead atoms. The zero-order valence-corrected chi connectivity index (χ0v) is 38.3. The van der Waals surface area contributed by atoms with Gasteiger partial charge in [-0.2, -0.15) is 13.2 Å². The van der Waals surface area contributed by atoms with Gasteiger partial charge in [0, 0.05) is 44.1 Å². The number of rotatable bonds is 12. The number of carbonyl (C=O) groups is 2. The molecule has 2 amide bonds. The van der Waals surface area contributed by atoms with Crippen molar-refractivity contribution in [2.75, 3.05) is 31.0 Å². The summed E-state index contributed by atoms with van der Waals surface area (Å²) < 4.78 is 104. The van der Waals surface area contributed by atoms with Gasteiger partial charge in [0.2, 0.25) is 5.88 Å². The zero-order valence-electron chi connectivity index (χ0n) is 38.3. The molecule has 12 nitrogen and oxygen atoms in total. The standard InChI is InChI=1S/C50H53F5N6O6/c1-8-38-45-36-20-15-32(61(36)48(63)67-49(3,4)5)27-60(45)47(62)39-44(57-24-31-10-9-21-56-23-31)42(52)43(58-46(39)66-38)35-22-37(41(51)28(2)40(35)50(53,54)55)59(25-29-11-16-33(64-6)17-12-29)26-30-13-18-34(65-7)19-14-30/h9-14,16-19,21-23,32,36,38,45H,8,15,20,24-27H2,1-7H3,(H,57,58)/t32-,36+,38?,45+/m1/s1. The third-order valence-electron chi connectivity index (χ3n) is 12.6. The maximum absolute atomic E-state index is 17.9. The molecule has 67 heavy (non-hydrogen) atoms. The molecule has 5 heterocycles. The fourth-order valence-corrected chi connectivity index (χ4v) is 9.48. The van der Waals surface area contributed by atoms with Crippen molar-refractivity contribution in [3.8, 4) is 28.6 Å². The molecule has 1 unspecified atom stereocenters. The Balaban J connectivity index is 1.31. The summed E-state index contributed by atoms with van der Waals surface area (Å²) in [7, 11) is 3.03. The number of hydrogen-bond donors (Lipinski definition) is 1. The Labute approximate surface area is 386 Å². The van der Waals surface area contributed by atoms with Gasteiger partial charge in [-0.05, 0) is 106 Å². The van der Waals surface area contributed by atoms with Crippen molar-refractivity contribution in [3.63, 3.8) is 0 Å². The van der Waals surface area contributed by atoms with Crippen molar-refractivity contribution in [3.05, 3.63) is 124 Å². The number of hydrogen-bond acceptors (Lipinski definition) is 10. The van der Waals surface area contributed by atoms with Crippen LogP contribution in [0.3, 0.4) is 0 Å². The highest BCUT2D eigenvalue weighted by molar-refractivity contribution is 6.03. The van der Waals surface area contributed by atoms with Crippen LogP contribution in [-0.4, -0.2) is 82.4 Å². The van der Waals surface area contributed by atoms with Gasteiger partial charge in [-0.1, -0.05) is 37.3 Å². The Morgan fingerprint density at radius 1 is 0.925 bits per heavy atom. The van der Waals surface area contributed by atoms with Crippen LogP contribution in [0.5, 0.6) is 17.4 Å².